The second kappa shape index (κ2) is 8.38. The van der Waals surface area contributed by atoms with Gasteiger partial charge in [-0.15, -0.1) is 0 Å². The van der Waals surface area contributed by atoms with Gasteiger partial charge in [0, 0.05) is 5.69 Å². The van der Waals surface area contributed by atoms with Crippen LogP contribution in [0.15, 0.2) is 64.8 Å². The van der Waals surface area contributed by atoms with Crippen molar-refractivity contribution in [3.05, 3.63) is 54.6 Å². The molecule has 26 heavy (non-hydrogen) atoms. The summed E-state index contributed by atoms with van der Waals surface area (Å²) in [4.78, 5) is 23.8. The summed E-state index contributed by atoms with van der Waals surface area (Å²) >= 11 is 0. The topological polar surface area (TPSA) is 91.1 Å². The molecule has 1 aliphatic rings. The highest BCUT2D eigenvalue weighted by molar-refractivity contribution is 5.95. The Labute approximate surface area is 152 Å². The number of rotatable bonds is 5. The van der Waals surface area contributed by atoms with Gasteiger partial charge >= 0.3 is 5.97 Å². The minimum atomic E-state index is -0.887. The lowest BCUT2D eigenvalue weighted by Gasteiger charge is -2.27. The van der Waals surface area contributed by atoms with Crippen molar-refractivity contribution in [3.63, 3.8) is 0 Å². The summed E-state index contributed by atoms with van der Waals surface area (Å²) in [5.74, 6) is -2.18. The smallest absolute Gasteiger partial charge is 0.307 e. The number of nitrogens with one attached hydrogen (secondary N) is 1. The van der Waals surface area contributed by atoms with E-state index in [0.717, 1.165) is 18.5 Å². The number of azo groups is 1. The normalized spacial score (nSPS) is 20.0. The van der Waals surface area contributed by atoms with Crippen LogP contribution in [0.5, 0.6) is 0 Å². The van der Waals surface area contributed by atoms with E-state index in [1.54, 1.807) is 24.3 Å². The number of anilines is 1. The van der Waals surface area contributed by atoms with Gasteiger partial charge in [-0.25, -0.2) is 0 Å². The first-order valence-corrected chi connectivity index (χ1v) is 8.74. The van der Waals surface area contributed by atoms with Gasteiger partial charge in [-0.2, -0.15) is 10.2 Å². The quantitative estimate of drug-likeness (QED) is 0.748. The van der Waals surface area contributed by atoms with Gasteiger partial charge in [-0.1, -0.05) is 31.0 Å². The molecular weight excluding hydrogens is 330 g/mol. The largest absolute Gasteiger partial charge is 0.481 e. The SMILES string of the molecule is O=C(O)[C@H]1CCCC[C@H]1C(=O)Nc1ccc(N=Nc2ccccc2)cc1. The number of nitrogens with zero attached hydrogens (tertiary/aromatic N) is 2. The molecule has 3 rings (SSSR count). The van der Waals surface area contributed by atoms with Crippen LogP contribution in [0, 0.1) is 11.8 Å². The number of hydrogen-bond acceptors (Lipinski definition) is 4. The molecule has 1 aliphatic carbocycles. The highest BCUT2D eigenvalue weighted by atomic mass is 16.4. The van der Waals surface area contributed by atoms with Gasteiger partial charge in [-0.05, 0) is 49.2 Å². The van der Waals surface area contributed by atoms with Crippen LogP contribution in [0.2, 0.25) is 0 Å². The Balaban J connectivity index is 1.62. The Bertz CT molecular complexity index is 788. The van der Waals surface area contributed by atoms with E-state index in [-0.39, 0.29) is 5.91 Å². The highest BCUT2D eigenvalue weighted by Gasteiger charge is 2.35. The Morgan fingerprint density at radius 3 is 2.04 bits per heavy atom. The van der Waals surface area contributed by atoms with E-state index < -0.39 is 17.8 Å². The first kappa shape index (κ1) is 17.8. The van der Waals surface area contributed by atoms with E-state index >= 15 is 0 Å². The van der Waals surface area contributed by atoms with Crippen molar-refractivity contribution < 1.29 is 14.7 Å². The summed E-state index contributed by atoms with van der Waals surface area (Å²) in [6.07, 6.45) is 2.93. The summed E-state index contributed by atoms with van der Waals surface area (Å²) in [7, 11) is 0. The second-order valence-corrected chi connectivity index (χ2v) is 6.41. The lowest BCUT2D eigenvalue weighted by Crippen LogP contribution is -2.36. The standard InChI is InChI=1S/C20H21N3O3/c24-19(17-8-4-5-9-18(17)20(25)26)21-14-10-12-16(13-11-14)23-22-15-6-2-1-3-7-15/h1-3,6-7,10-13,17-18H,4-5,8-9H2,(H,21,24)(H,25,26)/t17-,18+/m1/s1. The average molecular weight is 351 g/mol. The number of benzene rings is 2. The Kier molecular flexibility index (Phi) is 5.73. The fourth-order valence-corrected chi connectivity index (χ4v) is 3.20. The van der Waals surface area contributed by atoms with E-state index in [0.29, 0.717) is 24.2 Å². The number of aliphatic carboxylic acids is 1. The van der Waals surface area contributed by atoms with Crippen molar-refractivity contribution in [1.29, 1.82) is 0 Å². The molecule has 0 spiro atoms. The highest BCUT2D eigenvalue weighted by Crippen LogP contribution is 2.31. The molecule has 0 bridgehead atoms. The lowest BCUT2D eigenvalue weighted by molar-refractivity contribution is -0.147. The predicted molar refractivity (Wildman–Crippen MR) is 98.8 cm³/mol. The van der Waals surface area contributed by atoms with E-state index in [9.17, 15) is 14.7 Å². The van der Waals surface area contributed by atoms with E-state index in [4.69, 9.17) is 0 Å². The lowest BCUT2D eigenvalue weighted by atomic mass is 9.78. The van der Waals surface area contributed by atoms with Crippen LogP contribution >= 0.6 is 0 Å². The maximum absolute atomic E-state index is 12.5. The third kappa shape index (κ3) is 4.53. The van der Waals surface area contributed by atoms with Crippen LogP contribution in [-0.2, 0) is 9.59 Å². The minimum absolute atomic E-state index is 0.226. The predicted octanol–water partition coefficient (Wildman–Crippen LogP) is 4.93. The molecule has 0 unspecified atom stereocenters. The van der Waals surface area contributed by atoms with Gasteiger partial charge in [0.15, 0.2) is 0 Å². The zero-order valence-corrected chi connectivity index (χ0v) is 14.3. The van der Waals surface area contributed by atoms with Crippen molar-refractivity contribution in [2.75, 3.05) is 5.32 Å². The van der Waals surface area contributed by atoms with Gasteiger partial charge < -0.3 is 10.4 Å². The molecule has 1 amide bonds. The van der Waals surface area contributed by atoms with Gasteiger partial charge in [0.05, 0.1) is 23.2 Å². The molecule has 1 saturated carbocycles. The van der Waals surface area contributed by atoms with Gasteiger partial charge in [-0.3, -0.25) is 9.59 Å². The summed E-state index contributed by atoms with van der Waals surface area (Å²) in [5, 5.41) is 20.4. The fourth-order valence-electron chi connectivity index (χ4n) is 3.20. The van der Waals surface area contributed by atoms with Crippen molar-refractivity contribution in [2.45, 2.75) is 25.7 Å². The Hall–Kier alpha value is -3.02. The van der Waals surface area contributed by atoms with E-state index in [1.807, 2.05) is 30.3 Å². The van der Waals surface area contributed by atoms with Crippen LogP contribution in [0.1, 0.15) is 25.7 Å². The number of amides is 1. The summed E-state index contributed by atoms with van der Waals surface area (Å²) in [5.41, 5.74) is 2.07. The molecular formula is C20H21N3O3. The summed E-state index contributed by atoms with van der Waals surface area (Å²) in [6, 6.07) is 16.4. The maximum atomic E-state index is 12.5. The first-order chi connectivity index (χ1) is 12.6. The molecule has 6 heteroatoms. The van der Waals surface area contributed by atoms with Crippen LogP contribution in [0.3, 0.4) is 0 Å². The second-order valence-electron chi connectivity index (χ2n) is 6.41. The number of hydrogen-bond donors (Lipinski definition) is 2. The fraction of sp³-hybridized carbons (Fsp3) is 0.300. The van der Waals surface area contributed by atoms with Gasteiger partial charge in [0.2, 0.25) is 5.91 Å². The number of carbonyl (C=O) groups excluding carboxylic acids is 1. The molecule has 6 nitrogen and oxygen atoms in total. The third-order valence-electron chi connectivity index (χ3n) is 4.59. The third-order valence-corrected chi connectivity index (χ3v) is 4.59. The van der Waals surface area contributed by atoms with Crippen molar-refractivity contribution in [1.82, 2.24) is 0 Å². The van der Waals surface area contributed by atoms with Crippen LogP contribution < -0.4 is 5.32 Å². The minimum Gasteiger partial charge on any atom is -0.481 e. The average Bonchev–Trinajstić information content (AvgIpc) is 2.68. The van der Waals surface area contributed by atoms with Crippen molar-refractivity contribution >= 4 is 28.9 Å². The molecule has 2 atom stereocenters. The zero-order chi connectivity index (χ0) is 18.4. The van der Waals surface area contributed by atoms with Crippen molar-refractivity contribution in [2.24, 2.45) is 22.1 Å². The van der Waals surface area contributed by atoms with E-state index in [1.165, 1.54) is 0 Å². The van der Waals surface area contributed by atoms with E-state index in [2.05, 4.69) is 15.5 Å². The molecule has 0 aliphatic heterocycles. The number of carboxylic acid groups (broad SMARTS) is 1. The van der Waals surface area contributed by atoms with Crippen LogP contribution in [0.25, 0.3) is 0 Å². The molecule has 0 radical (unpaired) electrons. The van der Waals surface area contributed by atoms with Crippen LogP contribution in [-0.4, -0.2) is 17.0 Å². The van der Waals surface area contributed by atoms with Crippen LogP contribution in [0.4, 0.5) is 17.1 Å². The maximum Gasteiger partial charge on any atom is 0.307 e. The molecule has 2 aromatic rings. The van der Waals surface area contributed by atoms with Gasteiger partial charge in [0.25, 0.3) is 0 Å². The molecule has 1 fully saturated rings. The monoisotopic (exact) mass is 351 g/mol. The molecule has 134 valence electrons. The first-order valence-electron chi connectivity index (χ1n) is 8.74. The van der Waals surface area contributed by atoms with Crippen molar-refractivity contribution in [3.8, 4) is 0 Å². The van der Waals surface area contributed by atoms with Gasteiger partial charge in [0.1, 0.15) is 0 Å². The number of carbonyl (C=O) groups is 2. The Morgan fingerprint density at radius 1 is 0.846 bits per heavy atom. The number of carboxylic acids is 1. The Morgan fingerprint density at radius 2 is 1.42 bits per heavy atom. The summed E-state index contributed by atoms with van der Waals surface area (Å²) < 4.78 is 0. The molecule has 0 saturated heterocycles. The molecule has 0 aromatic heterocycles. The molecule has 2 aromatic carbocycles. The molecule has 0 heterocycles. The summed E-state index contributed by atoms with van der Waals surface area (Å²) in [6.45, 7) is 0. The zero-order valence-electron chi connectivity index (χ0n) is 14.3. The molecule has 2 N–H and O–H groups in total.